The lowest BCUT2D eigenvalue weighted by molar-refractivity contribution is 0.0942. The third kappa shape index (κ3) is 3.59. The number of aromatic nitrogens is 2. The number of hydrogen-bond acceptors (Lipinski definition) is 3. The lowest BCUT2D eigenvalue weighted by atomic mass is 10.3. The van der Waals surface area contributed by atoms with Crippen LogP contribution in [-0.4, -0.2) is 22.2 Å². The van der Waals surface area contributed by atoms with Crippen molar-refractivity contribution in [2.75, 3.05) is 6.54 Å². The predicted molar refractivity (Wildman–Crippen MR) is 64.5 cm³/mol. The van der Waals surface area contributed by atoms with Gasteiger partial charge in [0.15, 0.2) is 0 Å². The van der Waals surface area contributed by atoms with E-state index >= 15 is 0 Å². The second-order valence-corrected chi connectivity index (χ2v) is 3.71. The number of nitrogens with zero attached hydrogens (tertiary/aromatic N) is 3. The van der Waals surface area contributed by atoms with Crippen molar-refractivity contribution in [2.45, 2.75) is 39.7 Å². The first kappa shape index (κ1) is 13.2. The Bertz CT molecular complexity index is 417. The molecule has 1 rings (SSSR count). The van der Waals surface area contributed by atoms with E-state index in [1.165, 1.54) is 0 Å². The molecule has 0 saturated carbocycles. The van der Waals surface area contributed by atoms with E-state index in [1.54, 1.807) is 4.68 Å². The highest BCUT2D eigenvalue weighted by atomic mass is 16.2. The fraction of sp³-hybridized carbons (Fsp3) is 0.583. The number of unbranched alkanes of at least 4 members (excludes halogenated alkanes) is 1. The molecule has 0 aliphatic carbocycles. The van der Waals surface area contributed by atoms with Gasteiger partial charge in [-0.05, 0) is 25.8 Å². The summed E-state index contributed by atoms with van der Waals surface area (Å²) in [5, 5.41) is 15.5. The van der Waals surface area contributed by atoms with Gasteiger partial charge in [0, 0.05) is 19.5 Å². The average molecular weight is 234 g/mol. The zero-order valence-electron chi connectivity index (χ0n) is 10.4. The third-order valence-corrected chi connectivity index (χ3v) is 2.48. The first-order valence-corrected chi connectivity index (χ1v) is 5.94. The van der Waals surface area contributed by atoms with Crippen LogP contribution in [0.4, 0.5) is 0 Å². The summed E-state index contributed by atoms with van der Waals surface area (Å²) >= 11 is 0. The van der Waals surface area contributed by atoms with Crippen molar-refractivity contribution in [3.8, 4) is 6.07 Å². The number of amides is 1. The first-order chi connectivity index (χ1) is 8.22. The minimum absolute atomic E-state index is 0.114. The number of nitrogens with one attached hydrogen (secondary N) is 1. The highest BCUT2D eigenvalue weighted by Crippen LogP contribution is 2.05. The zero-order valence-corrected chi connectivity index (χ0v) is 10.4. The van der Waals surface area contributed by atoms with Crippen molar-refractivity contribution in [3.63, 3.8) is 0 Å². The summed E-state index contributed by atoms with van der Waals surface area (Å²) in [6.45, 7) is 5.18. The van der Waals surface area contributed by atoms with Gasteiger partial charge < -0.3 is 5.32 Å². The first-order valence-electron chi connectivity index (χ1n) is 5.94. The Hall–Kier alpha value is -1.83. The summed E-state index contributed by atoms with van der Waals surface area (Å²) in [4.78, 5) is 11.9. The molecule has 0 atom stereocenters. The highest BCUT2D eigenvalue weighted by Gasteiger charge is 2.12. The lowest BCUT2D eigenvalue weighted by Crippen LogP contribution is -2.26. The number of carbonyl (C=O) groups is 1. The Morgan fingerprint density at radius 3 is 2.94 bits per heavy atom. The maximum atomic E-state index is 11.9. The molecule has 0 radical (unpaired) electrons. The van der Waals surface area contributed by atoms with Crippen molar-refractivity contribution in [1.82, 2.24) is 15.1 Å². The molecule has 5 nitrogen and oxygen atoms in total. The van der Waals surface area contributed by atoms with Gasteiger partial charge >= 0.3 is 0 Å². The predicted octanol–water partition coefficient (Wildman–Crippen LogP) is 1.50. The zero-order chi connectivity index (χ0) is 12.7. The fourth-order valence-corrected chi connectivity index (χ4v) is 1.53. The van der Waals surface area contributed by atoms with Gasteiger partial charge in [0.1, 0.15) is 5.69 Å². The van der Waals surface area contributed by atoms with Crippen molar-refractivity contribution in [3.05, 3.63) is 17.5 Å². The van der Waals surface area contributed by atoms with Crippen LogP contribution in [0.5, 0.6) is 0 Å². The van der Waals surface area contributed by atoms with Crippen molar-refractivity contribution >= 4 is 5.91 Å². The molecule has 17 heavy (non-hydrogen) atoms. The van der Waals surface area contributed by atoms with Crippen LogP contribution in [0.2, 0.25) is 0 Å². The van der Waals surface area contributed by atoms with E-state index < -0.39 is 0 Å². The van der Waals surface area contributed by atoms with Crippen molar-refractivity contribution < 1.29 is 4.79 Å². The van der Waals surface area contributed by atoms with Gasteiger partial charge in [0.05, 0.1) is 11.8 Å². The lowest BCUT2D eigenvalue weighted by Gasteiger charge is -2.05. The van der Waals surface area contributed by atoms with Crippen LogP contribution < -0.4 is 5.32 Å². The number of rotatable bonds is 6. The summed E-state index contributed by atoms with van der Waals surface area (Å²) in [6, 6.07) is 3.87. The maximum absolute atomic E-state index is 11.9. The number of carbonyl (C=O) groups excluding carboxylic acids is 1. The molecule has 0 unspecified atom stereocenters. The molecule has 0 aromatic carbocycles. The maximum Gasteiger partial charge on any atom is 0.269 e. The molecular formula is C12H18N4O. The van der Waals surface area contributed by atoms with Gasteiger partial charge in [-0.15, -0.1) is 0 Å². The molecule has 0 fully saturated rings. The largest absolute Gasteiger partial charge is 0.351 e. The Kier molecular flexibility index (Phi) is 5.21. The van der Waals surface area contributed by atoms with E-state index in [0.717, 1.165) is 12.1 Å². The SMILES string of the molecule is CCc1cc(C(=O)NCCCC#N)n(CC)n1. The smallest absolute Gasteiger partial charge is 0.269 e. The Morgan fingerprint density at radius 2 is 2.35 bits per heavy atom. The summed E-state index contributed by atoms with van der Waals surface area (Å²) in [7, 11) is 0. The molecular weight excluding hydrogens is 216 g/mol. The van der Waals surface area contributed by atoms with E-state index in [1.807, 2.05) is 26.0 Å². The Balaban J connectivity index is 2.61. The minimum Gasteiger partial charge on any atom is -0.351 e. The second kappa shape index (κ2) is 6.69. The molecule has 1 N–H and O–H groups in total. The molecule has 1 aromatic rings. The van der Waals surface area contributed by atoms with Gasteiger partial charge in [-0.3, -0.25) is 9.48 Å². The van der Waals surface area contributed by atoms with E-state index in [0.29, 0.717) is 31.6 Å². The van der Waals surface area contributed by atoms with Crippen LogP contribution in [0.3, 0.4) is 0 Å². The van der Waals surface area contributed by atoms with Gasteiger partial charge in [-0.1, -0.05) is 6.92 Å². The molecule has 5 heteroatoms. The van der Waals surface area contributed by atoms with Crippen LogP contribution in [0.1, 0.15) is 42.9 Å². The van der Waals surface area contributed by atoms with Gasteiger partial charge in [-0.25, -0.2) is 0 Å². The summed E-state index contributed by atoms with van der Waals surface area (Å²) < 4.78 is 1.71. The molecule has 0 bridgehead atoms. The van der Waals surface area contributed by atoms with E-state index in [4.69, 9.17) is 5.26 Å². The highest BCUT2D eigenvalue weighted by molar-refractivity contribution is 5.92. The van der Waals surface area contributed by atoms with Crippen LogP contribution in [0, 0.1) is 11.3 Å². The number of aryl methyl sites for hydroxylation is 2. The monoisotopic (exact) mass is 234 g/mol. The fourth-order valence-electron chi connectivity index (χ4n) is 1.53. The van der Waals surface area contributed by atoms with Gasteiger partial charge in [0.2, 0.25) is 0 Å². The molecule has 1 aromatic heterocycles. The third-order valence-electron chi connectivity index (χ3n) is 2.48. The quantitative estimate of drug-likeness (QED) is 0.758. The molecule has 0 aliphatic rings. The second-order valence-electron chi connectivity index (χ2n) is 3.71. The average Bonchev–Trinajstić information content (AvgIpc) is 2.77. The molecule has 0 aliphatic heterocycles. The minimum atomic E-state index is -0.114. The van der Waals surface area contributed by atoms with E-state index in [9.17, 15) is 4.79 Å². The van der Waals surface area contributed by atoms with Gasteiger partial charge in [-0.2, -0.15) is 10.4 Å². The van der Waals surface area contributed by atoms with Crippen LogP contribution in [0.25, 0.3) is 0 Å². The Labute approximate surface area is 101 Å². The van der Waals surface area contributed by atoms with Crippen LogP contribution in [0.15, 0.2) is 6.07 Å². The standard InChI is InChI=1S/C12H18N4O/c1-3-10-9-11(16(4-2)15-10)12(17)14-8-6-5-7-13/h9H,3-6,8H2,1-2H3,(H,14,17). The van der Waals surface area contributed by atoms with E-state index in [-0.39, 0.29) is 5.91 Å². The summed E-state index contributed by atoms with van der Waals surface area (Å²) in [6.07, 6.45) is 1.97. The molecule has 1 heterocycles. The van der Waals surface area contributed by atoms with Crippen molar-refractivity contribution in [2.24, 2.45) is 0 Å². The summed E-state index contributed by atoms with van der Waals surface area (Å²) in [5.74, 6) is -0.114. The Morgan fingerprint density at radius 1 is 1.59 bits per heavy atom. The number of nitriles is 1. The molecule has 1 amide bonds. The molecule has 0 spiro atoms. The topological polar surface area (TPSA) is 70.7 Å². The van der Waals surface area contributed by atoms with Gasteiger partial charge in [0.25, 0.3) is 5.91 Å². The number of hydrogen-bond donors (Lipinski definition) is 1. The molecule has 92 valence electrons. The van der Waals surface area contributed by atoms with Crippen LogP contribution >= 0.6 is 0 Å². The van der Waals surface area contributed by atoms with E-state index in [2.05, 4.69) is 10.4 Å². The molecule has 0 saturated heterocycles. The van der Waals surface area contributed by atoms with Crippen molar-refractivity contribution in [1.29, 1.82) is 5.26 Å². The normalized spacial score (nSPS) is 9.94. The van der Waals surface area contributed by atoms with Crippen LogP contribution in [-0.2, 0) is 13.0 Å². The summed E-state index contributed by atoms with van der Waals surface area (Å²) in [5.41, 5.74) is 1.52.